The molecule has 0 saturated carbocycles. The van der Waals surface area contributed by atoms with Crippen molar-refractivity contribution in [2.45, 2.75) is 45.1 Å². The molecule has 134 valence electrons. The molecule has 0 fully saturated rings. The maximum Gasteiger partial charge on any atom is 0.218 e. The summed E-state index contributed by atoms with van der Waals surface area (Å²) in [5, 5.41) is 11.5. The van der Waals surface area contributed by atoms with Gasteiger partial charge in [0.2, 0.25) is 5.91 Å². The molecule has 2 atom stereocenters. The van der Waals surface area contributed by atoms with Crippen LogP contribution in [0.4, 0.5) is 4.39 Å². The number of carbonyl (C=O) groups excluding carboxylic acids is 1. The minimum Gasteiger partial charge on any atom is -0.335 e. The van der Waals surface area contributed by atoms with E-state index in [4.69, 9.17) is 6.42 Å². The van der Waals surface area contributed by atoms with Crippen LogP contribution in [0, 0.1) is 24.1 Å². The summed E-state index contributed by atoms with van der Waals surface area (Å²) in [6, 6.07) is 8.36. The van der Waals surface area contributed by atoms with E-state index in [0.717, 1.165) is 12.0 Å². The van der Waals surface area contributed by atoms with Gasteiger partial charge in [-0.3, -0.25) is 4.79 Å². The van der Waals surface area contributed by atoms with Crippen molar-refractivity contribution >= 4 is 5.91 Å². The van der Waals surface area contributed by atoms with Crippen LogP contribution < -0.4 is 5.32 Å². The number of benzene rings is 1. The molecule has 1 N–H and O–H groups in total. The second-order valence-corrected chi connectivity index (χ2v) is 7.13. The van der Waals surface area contributed by atoms with Gasteiger partial charge in [-0.05, 0) is 48.4 Å². The Morgan fingerprint density at radius 2 is 2.12 bits per heavy atom. The third-order valence-electron chi connectivity index (χ3n) is 5.05. The van der Waals surface area contributed by atoms with Crippen molar-refractivity contribution in [2.75, 3.05) is 0 Å². The Morgan fingerprint density at radius 3 is 2.73 bits per heavy atom. The zero-order chi connectivity index (χ0) is 18.9. The number of hydrogen-bond donors (Lipinski definition) is 1. The van der Waals surface area contributed by atoms with E-state index >= 15 is 0 Å². The van der Waals surface area contributed by atoms with Gasteiger partial charge in [-0.2, -0.15) is 10.2 Å². The molecule has 0 spiro atoms. The predicted octanol–water partition coefficient (Wildman–Crippen LogP) is 3.78. The van der Waals surface area contributed by atoms with E-state index in [2.05, 4.69) is 35.3 Å². The highest BCUT2D eigenvalue weighted by atomic mass is 19.1. The third-order valence-corrected chi connectivity index (χ3v) is 5.05. The standard InChI is InChI=1S/C21H22FN3O/c1-5-21(23-14(4)26)11-10-15(13(2)3)17-12-19(24-25-20(17)21)16-8-6-7-9-18(16)22/h1,6-9,12-13,15H,10-11H2,2-4H3,(H,23,26)/t15-,21+/m1/s1. The van der Waals surface area contributed by atoms with Crippen LogP contribution in [0.5, 0.6) is 0 Å². The first-order chi connectivity index (χ1) is 12.4. The highest BCUT2D eigenvalue weighted by Gasteiger charge is 2.42. The monoisotopic (exact) mass is 351 g/mol. The van der Waals surface area contributed by atoms with E-state index in [-0.39, 0.29) is 17.6 Å². The van der Waals surface area contributed by atoms with Crippen LogP contribution in [0.3, 0.4) is 0 Å². The summed E-state index contributed by atoms with van der Waals surface area (Å²) in [6.45, 7) is 5.71. The van der Waals surface area contributed by atoms with Gasteiger partial charge < -0.3 is 5.32 Å². The van der Waals surface area contributed by atoms with Crippen LogP contribution in [0.1, 0.15) is 50.8 Å². The summed E-state index contributed by atoms with van der Waals surface area (Å²) in [5.41, 5.74) is 1.45. The fraction of sp³-hybridized carbons (Fsp3) is 0.381. The van der Waals surface area contributed by atoms with Gasteiger partial charge in [0.1, 0.15) is 17.1 Å². The zero-order valence-corrected chi connectivity index (χ0v) is 15.2. The summed E-state index contributed by atoms with van der Waals surface area (Å²) in [7, 11) is 0. The lowest BCUT2D eigenvalue weighted by Gasteiger charge is -2.39. The van der Waals surface area contributed by atoms with Crippen molar-refractivity contribution in [3.63, 3.8) is 0 Å². The van der Waals surface area contributed by atoms with Crippen LogP contribution in [0.2, 0.25) is 0 Å². The third kappa shape index (κ3) is 3.08. The highest BCUT2D eigenvalue weighted by Crippen LogP contribution is 2.44. The number of hydrogen-bond acceptors (Lipinski definition) is 3. The number of nitrogens with one attached hydrogen (secondary N) is 1. The molecule has 0 bridgehead atoms. The van der Waals surface area contributed by atoms with Crippen LogP contribution in [0.25, 0.3) is 11.3 Å². The van der Waals surface area contributed by atoms with Crippen LogP contribution in [-0.2, 0) is 10.3 Å². The van der Waals surface area contributed by atoms with Crippen molar-refractivity contribution < 1.29 is 9.18 Å². The Balaban J connectivity index is 2.19. The SMILES string of the molecule is C#C[C@]1(NC(C)=O)CC[C@H](C(C)C)c2cc(-c3ccccc3F)nnc21. The quantitative estimate of drug-likeness (QED) is 0.856. The summed E-state index contributed by atoms with van der Waals surface area (Å²) < 4.78 is 14.2. The fourth-order valence-corrected chi connectivity index (χ4v) is 3.76. The van der Waals surface area contributed by atoms with Gasteiger partial charge in [-0.1, -0.05) is 31.9 Å². The van der Waals surface area contributed by atoms with E-state index in [1.54, 1.807) is 18.2 Å². The Morgan fingerprint density at radius 1 is 1.38 bits per heavy atom. The molecule has 0 saturated heterocycles. The molecule has 1 amide bonds. The van der Waals surface area contributed by atoms with Gasteiger partial charge in [0, 0.05) is 12.5 Å². The highest BCUT2D eigenvalue weighted by molar-refractivity contribution is 5.75. The summed E-state index contributed by atoms with van der Waals surface area (Å²) in [5.74, 6) is 2.76. The first-order valence-electron chi connectivity index (χ1n) is 8.77. The number of fused-ring (bicyclic) bond motifs is 1. The summed E-state index contributed by atoms with van der Waals surface area (Å²) in [6.07, 6.45) is 7.22. The average molecular weight is 351 g/mol. The minimum absolute atomic E-state index is 0.211. The van der Waals surface area contributed by atoms with E-state index in [9.17, 15) is 9.18 Å². The smallest absolute Gasteiger partial charge is 0.218 e. The topological polar surface area (TPSA) is 54.9 Å². The predicted molar refractivity (Wildman–Crippen MR) is 98.6 cm³/mol. The maximum absolute atomic E-state index is 14.2. The first-order valence-corrected chi connectivity index (χ1v) is 8.77. The summed E-state index contributed by atoms with van der Waals surface area (Å²) in [4.78, 5) is 11.7. The molecular formula is C21H22FN3O. The molecule has 1 heterocycles. The van der Waals surface area contributed by atoms with Gasteiger partial charge in [0.15, 0.2) is 0 Å². The van der Waals surface area contributed by atoms with E-state index in [0.29, 0.717) is 29.3 Å². The molecule has 5 heteroatoms. The Labute approximate surface area is 153 Å². The number of rotatable bonds is 3. The number of carbonyl (C=O) groups is 1. The average Bonchev–Trinajstić information content (AvgIpc) is 2.61. The molecule has 3 rings (SSSR count). The number of terminal acetylenes is 1. The molecule has 0 radical (unpaired) electrons. The van der Waals surface area contributed by atoms with Crippen molar-refractivity contribution in [2.24, 2.45) is 5.92 Å². The molecule has 1 aromatic carbocycles. The summed E-state index contributed by atoms with van der Waals surface area (Å²) >= 11 is 0. The Kier molecular flexibility index (Phi) is 4.78. The van der Waals surface area contributed by atoms with Gasteiger partial charge >= 0.3 is 0 Å². The largest absolute Gasteiger partial charge is 0.335 e. The van der Waals surface area contributed by atoms with Crippen LogP contribution >= 0.6 is 0 Å². The Bertz CT molecular complexity index is 887. The molecule has 4 nitrogen and oxygen atoms in total. The lowest BCUT2D eigenvalue weighted by molar-refractivity contribution is -0.120. The van der Waals surface area contributed by atoms with Gasteiger partial charge in [0.05, 0.1) is 5.69 Å². The number of halogens is 1. The number of aromatic nitrogens is 2. The lowest BCUT2D eigenvalue weighted by atomic mass is 9.71. The normalized spacial score (nSPS) is 21.8. The van der Waals surface area contributed by atoms with Crippen molar-refractivity contribution in [3.05, 3.63) is 47.4 Å². The molecule has 1 aliphatic carbocycles. The van der Waals surface area contributed by atoms with Crippen LogP contribution in [-0.4, -0.2) is 16.1 Å². The molecular weight excluding hydrogens is 329 g/mol. The van der Waals surface area contributed by atoms with E-state index in [1.165, 1.54) is 13.0 Å². The molecule has 2 aromatic rings. The molecule has 0 aliphatic heterocycles. The number of amides is 1. The lowest BCUT2D eigenvalue weighted by Crippen LogP contribution is -2.48. The molecule has 1 aliphatic rings. The fourth-order valence-electron chi connectivity index (χ4n) is 3.76. The second kappa shape index (κ2) is 6.87. The van der Waals surface area contributed by atoms with Crippen molar-refractivity contribution in [3.8, 4) is 23.6 Å². The molecule has 26 heavy (non-hydrogen) atoms. The van der Waals surface area contributed by atoms with Crippen molar-refractivity contribution in [1.29, 1.82) is 0 Å². The van der Waals surface area contributed by atoms with Crippen LogP contribution in [0.15, 0.2) is 30.3 Å². The first kappa shape index (κ1) is 18.1. The second-order valence-electron chi connectivity index (χ2n) is 7.13. The van der Waals surface area contributed by atoms with Crippen molar-refractivity contribution in [1.82, 2.24) is 15.5 Å². The maximum atomic E-state index is 14.2. The molecule has 1 aromatic heterocycles. The van der Waals surface area contributed by atoms with Gasteiger partial charge in [-0.15, -0.1) is 6.42 Å². The zero-order valence-electron chi connectivity index (χ0n) is 15.2. The number of nitrogens with zero attached hydrogens (tertiary/aromatic N) is 2. The van der Waals surface area contributed by atoms with E-state index < -0.39 is 5.54 Å². The molecule has 0 unspecified atom stereocenters. The van der Waals surface area contributed by atoms with E-state index in [1.807, 2.05) is 6.07 Å². The Hall–Kier alpha value is -2.74. The minimum atomic E-state index is -0.965. The van der Waals surface area contributed by atoms with Gasteiger partial charge in [0.25, 0.3) is 0 Å². The van der Waals surface area contributed by atoms with Gasteiger partial charge in [-0.25, -0.2) is 4.39 Å².